The van der Waals surface area contributed by atoms with E-state index in [0.717, 1.165) is 25.7 Å². The van der Waals surface area contributed by atoms with Gasteiger partial charge in [0.1, 0.15) is 0 Å². The van der Waals surface area contributed by atoms with Crippen molar-refractivity contribution in [2.75, 3.05) is 31.7 Å². The van der Waals surface area contributed by atoms with E-state index in [1.165, 1.54) is 30.5 Å². The van der Waals surface area contributed by atoms with Gasteiger partial charge in [0.15, 0.2) is 0 Å². The van der Waals surface area contributed by atoms with Crippen LogP contribution in [0.25, 0.3) is 0 Å². The van der Waals surface area contributed by atoms with E-state index < -0.39 is 0 Å². The second-order valence-corrected chi connectivity index (χ2v) is 5.14. The normalized spacial score (nSPS) is 16.8. The van der Waals surface area contributed by atoms with Gasteiger partial charge in [-0.05, 0) is 42.9 Å². The second kappa shape index (κ2) is 6.76. The van der Waals surface area contributed by atoms with E-state index in [9.17, 15) is 0 Å². The standard InChI is InChI=1S/C15H24N2O/c1-17(8-5-13-6-9-18-10-7-13)15-4-2-3-14(11-15)12-16/h2-4,11,13H,5-10,12,16H2,1H3. The highest BCUT2D eigenvalue weighted by molar-refractivity contribution is 5.47. The molecule has 1 aliphatic rings. The number of rotatable bonds is 5. The second-order valence-electron chi connectivity index (χ2n) is 5.14. The first-order chi connectivity index (χ1) is 8.79. The van der Waals surface area contributed by atoms with Crippen LogP contribution >= 0.6 is 0 Å². The Balaban J connectivity index is 1.84. The first kappa shape index (κ1) is 13.4. The predicted molar refractivity (Wildman–Crippen MR) is 75.8 cm³/mol. The van der Waals surface area contributed by atoms with E-state index in [-0.39, 0.29) is 0 Å². The van der Waals surface area contributed by atoms with Crippen molar-refractivity contribution < 1.29 is 4.74 Å². The molecule has 1 saturated heterocycles. The third-order valence-electron chi connectivity index (χ3n) is 3.80. The lowest BCUT2D eigenvalue weighted by atomic mass is 9.96. The van der Waals surface area contributed by atoms with Crippen LogP contribution in [0, 0.1) is 5.92 Å². The molecule has 2 rings (SSSR count). The molecule has 100 valence electrons. The minimum Gasteiger partial charge on any atom is -0.381 e. The van der Waals surface area contributed by atoms with Gasteiger partial charge < -0.3 is 15.4 Å². The van der Waals surface area contributed by atoms with Gasteiger partial charge in [-0.2, -0.15) is 0 Å². The summed E-state index contributed by atoms with van der Waals surface area (Å²) in [5.41, 5.74) is 8.15. The van der Waals surface area contributed by atoms with Gasteiger partial charge in [0.25, 0.3) is 0 Å². The summed E-state index contributed by atoms with van der Waals surface area (Å²) in [6, 6.07) is 8.51. The first-order valence-corrected chi connectivity index (χ1v) is 6.87. The topological polar surface area (TPSA) is 38.5 Å². The Labute approximate surface area is 110 Å². The Morgan fingerprint density at radius 2 is 2.11 bits per heavy atom. The number of nitrogens with two attached hydrogens (primary N) is 1. The Morgan fingerprint density at radius 1 is 1.33 bits per heavy atom. The van der Waals surface area contributed by atoms with Crippen molar-refractivity contribution in [3.05, 3.63) is 29.8 Å². The fourth-order valence-electron chi connectivity index (χ4n) is 2.46. The fraction of sp³-hybridized carbons (Fsp3) is 0.600. The fourth-order valence-corrected chi connectivity index (χ4v) is 2.46. The lowest BCUT2D eigenvalue weighted by Gasteiger charge is -2.26. The average Bonchev–Trinajstić information content (AvgIpc) is 2.46. The van der Waals surface area contributed by atoms with Crippen molar-refractivity contribution in [1.29, 1.82) is 0 Å². The highest BCUT2D eigenvalue weighted by Gasteiger charge is 2.14. The molecule has 1 aromatic rings. The van der Waals surface area contributed by atoms with Crippen LogP contribution in [0.5, 0.6) is 0 Å². The molecule has 0 aliphatic carbocycles. The van der Waals surface area contributed by atoms with Crippen LogP contribution in [0.3, 0.4) is 0 Å². The van der Waals surface area contributed by atoms with E-state index in [4.69, 9.17) is 10.5 Å². The average molecular weight is 248 g/mol. The van der Waals surface area contributed by atoms with Gasteiger partial charge in [0.2, 0.25) is 0 Å². The Bertz CT molecular complexity index is 361. The SMILES string of the molecule is CN(CCC1CCOCC1)c1cccc(CN)c1. The number of benzene rings is 1. The quantitative estimate of drug-likeness (QED) is 0.869. The Morgan fingerprint density at radius 3 is 2.83 bits per heavy atom. The summed E-state index contributed by atoms with van der Waals surface area (Å²) < 4.78 is 5.39. The molecule has 1 aliphatic heterocycles. The maximum absolute atomic E-state index is 5.68. The Kier molecular flexibility index (Phi) is 5.02. The highest BCUT2D eigenvalue weighted by Crippen LogP contribution is 2.21. The van der Waals surface area contributed by atoms with Crippen LogP contribution in [0.15, 0.2) is 24.3 Å². The van der Waals surface area contributed by atoms with Gasteiger partial charge in [-0.1, -0.05) is 12.1 Å². The summed E-state index contributed by atoms with van der Waals surface area (Å²) in [6.45, 7) is 3.61. The van der Waals surface area contributed by atoms with Crippen molar-refractivity contribution in [3.63, 3.8) is 0 Å². The molecule has 1 aromatic carbocycles. The zero-order chi connectivity index (χ0) is 12.8. The van der Waals surface area contributed by atoms with Crippen LogP contribution in [0.4, 0.5) is 5.69 Å². The lowest BCUT2D eigenvalue weighted by molar-refractivity contribution is 0.0645. The number of nitrogens with zero attached hydrogens (tertiary/aromatic N) is 1. The molecule has 18 heavy (non-hydrogen) atoms. The summed E-state index contributed by atoms with van der Waals surface area (Å²) in [6.07, 6.45) is 3.69. The van der Waals surface area contributed by atoms with Crippen molar-refractivity contribution in [1.82, 2.24) is 0 Å². The number of anilines is 1. The third kappa shape index (κ3) is 3.72. The van der Waals surface area contributed by atoms with E-state index in [1.807, 2.05) is 0 Å². The zero-order valence-corrected chi connectivity index (χ0v) is 11.3. The predicted octanol–water partition coefficient (Wildman–Crippen LogP) is 2.40. The van der Waals surface area contributed by atoms with Crippen LogP contribution < -0.4 is 10.6 Å². The maximum atomic E-state index is 5.68. The number of ether oxygens (including phenoxy) is 1. The number of hydrogen-bond acceptors (Lipinski definition) is 3. The minimum atomic E-state index is 0.613. The van der Waals surface area contributed by atoms with E-state index >= 15 is 0 Å². The van der Waals surface area contributed by atoms with Gasteiger partial charge in [-0.25, -0.2) is 0 Å². The van der Waals surface area contributed by atoms with Crippen molar-refractivity contribution in [2.45, 2.75) is 25.8 Å². The molecule has 0 aromatic heterocycles. The monoisotopic (exact) mass is 248 g/mol. The molecular weight excluding hydrogens is 224 g/mol. The molecule has 2 N–H and O–H groups in total. The summed E-state index contributed by atoms with van der Waals surface area (Å²) in [5, 5.41) is 0. The zero-order valence-electron chi connectivity index (χ0n) is 11.3. The highest BCUT2D eigenvalue weighted by atomic mass is 16.5. The molecule has 0 amide bonds. The van der Waals surface area contributed by atoms with Gasteiger partial charge in [-0.3, -0.25) is 0 Å². The lowest BCUT2D eigenvalue weighted by Crippen LogP contribution is -2.24. The molecule has 0 saturated carbocycles. The molecule has 0 atom stereocenters. The molecule has 3 heteroatoms. The molecule has 3 nitrogen and oxygen atoms in total. The molecule has 1 heterocycles. The van der Waals surface area contributed by atoms with Crippen LogP contribution in [0.2, 0.25) is 0 Å². The summed E-state index contributed by atoms with van der Waals surface area (Å²) >= 11 is 0. The third-order valence-corrected chi connectivity index (χ3v) is 3.80. The molecule has 0 radical (unpaired) electrons. The van der Waals surface area contributed by atoms with E-state index in [2.05, 4.69) is 36.2 Å². The smallest absolute Gasteiger partial charge is 0.0468 e. The molecular formula is C15H24N2O. The largest absolute Gasteiger partial charge is 0.381 e. The van der Waals surface area contributed by atoms with Crippen molar-refractivity contribution in [3.8, 4) is 0 Å². The molecule has 0 spiro atoms. The number of hydrogen-bond donors (Lipinski definition) is 1. The summed E-state index contributed by atoms with van der Waals surface area (Å²) in [7, 11) is 2.16. The van der Waals surface area contributed by atoms with Gasteiger partial charge >= 0.3 is 0 Å². The molecule has 0 unspecified atom stereocenters. The molecule has 0 bridgehead atoms. The molecule has 1 fully saturated rings. The minimum absolute atomic E-state index is 0.613. The van der Waals surface area contributed by atoms with Crippen LogP contribution in [-0.2, 0) is 11.3 Å². The van der Waals surface area contributed by atoms with Gasteiger partial charge in [-0.15, -0.1) is 0 Å². The maximum Gasteiger partial charge on any atom is 0.0468 e. The Hall–Kier alpha value is -1.06. The van der Waals surface area contributed by atoms with E-state index in [1.54, 1.807) is 0 Å². The first-order valence-electron chi connectivity index (χ1n) is 6.87. The summed E-state index contributed by atoms with van der Waals surface area (Å²) in [4.78, 5) is 2.33. The summed E-state index contributed by atoms with van der Waals surface area (Å²) in [5.74, 6) is 0.832. The van der Waals surface area contributed by atoms with Gasteiger partial charge in [0, 0.05) is 39.0 Å². The van der Waals surface area contributed by atoms with Crippen molar-refractivity contribution >= 4 is 5.69 Å². The van der Waals surface area contributed by atoms with Crippen LogP contribution in [-0.4, -0.2) is 26.8 Å². The van der Waals surface area contributed by atoms with E-state index in [0.29, 0.717) is 6.54 Å². The van der Waals surface area contributed by atoms with Crippen LogP contribution in [0.1, 0.15) is 24.8 Å². The van der Waals surface area contributed by atoms with Crippen molar-refractivity contribution in [2.24, 2.45) is 11.7 Å². The van der Waals surface area contributed by atoms with Gasteiger partial charge in [0.05, 0.1) is 0 Å².